The molecule has 0 radical (unpaired) electrons. The van der Waals surface area contributed by atoms with E-state index in [-0.39, 0.29) is 22.8 Å². The van der Waals surface area contributed by atoms with Gasteiger partial charge in [0.05, 0.1) is 4.90 Å². The maximum atomic E-state index is 13.2. The van der Waals surface area contributed by atoms with Gasteiger partial charge in [0.2, 0.25) is 10.0 Å². The van der Waals surface area contributed by atoms with E-state index < -0.39 is 10.0 Å². The van der Waals surface area contributed by atoms with Crippen molar-refractivity contribution in [2.24, 2.45) is 0 Å². The molecule has 0 spiro atoms. The Labute approximate surface area is 189 Å². The van der Waals surface area contributed by atoms with Gasteiger partial charge in [-0.25, -0.2) is 13.1 Å². The fourth-order valence-electron chi connectivity index (χ4n) is 3.84. The van der Waals surface area contributed by atoms with E-state index in [0.29, 0.717) is 37.3 Å². The molecule has 2 aromatic rings. The molecule has 1 saturated heterocycles. The van der Waals surface area contributed by atoms with E-state index in [1.165, 1.54) is 17.7 Å². The predicted octanol–water partition coefficient (Wildman–Crippen LogP) is 2.60. The van der Waals surface area contributed by atoms with E-state index in [4.69, 9.17) is 0 Å². The predicted molar refractivity (Wildman–Crippen MR) is 122 cm³/mol. The van der Waals surface area contributed by atoms with Gasteiger partial charge < -0.3 is 9.80 Å². The Kier molecular flexibility index (Phi) is 6.35. The quantitative estimate of drug-likeness (QED) is 0.725. The van der Waals surface area contributed by atoms with E-state index in [0.717, 1.165) is 24.8 Å². The minimum absolute atomic E-state index is 0.00393. The monoisotopic (exact) mass is 455 g/mol. The van der Waals surface area contributed by atoms with Gasteiger partial charge in [-0.3, -0.25) is 9.59 Å². The van der Waals surface area contributed by atoms with E-state index in [1.807, 2.05) is 24.3 Å². The second kappa shape index (κ2) is 9.03. The molecule has 4 rings (SSSR count). The van der Waals surface area contributed by atoms with Gasteiger partial charge in [0.1, 0.15) is 0 Å². The van der Waals surface area contributed by atoms with Crippen molar-refractivity contribution in [3.05, 3.63) is 64.7 Å². The van der Waals surface area contributed by atoms with Gasteiger partial charge in [-0.15, -0.1) is 0 Å². The average molecular weight is 456 g/mol. The van der Waals surface area contributed by atoms with E-state index in [9.17, 15) is 18.0 Å². The Hall–Kier alpha value is -2.71. The highest BCUT2D eigenvalue weighted by Crippen LogP contribution is 2.24. The molecule has 0 unspecified atom stereocenters. The number of piperazine rings is 1. The Morgan fingerprint density at radius 3 is 2.09 bits per heavy atom. The zero-order chi connectivity index (χ0) is 22.9. The van der Waals surface area contributed by atoms with Gasteiger partial charge in [-0.1, -0.05) is 25.1 Å². The lowest BCUT2D eigenvalue weighted by atomic mass is 10.1. The molecule has 2 fully saturated rings. The first-order chi connectivity index (χ1) is 15.3. The van der Waals surface area contributed by atoms with Crippen LogP contribution in [0, 0.1) is 6.92 Å². The van der Waals surface area contributed by atoms with Crippen molar-refractivity contribution in [2.75, 3.05) is 26.2 Å². The number of hydrogen-bond donors (Lipinski definition) is 1. The van der Waals surface area contributed by atoms with Crippen LogP contribution in [0.5, 0.6) is 0 Å². The van der Waals surface area contributed by atoms with Crippen molar-refractivity contribution < 1.29 is 18.0 Å². The lowest BCUT2D eigenvalue weighted by Crippen LogP contribution is -2.50. The molecule has 2 aromatic carbocycles. The number of aryl methyl sites for hydroxylation is 2. The lowest BCUT2D eigenvalue weighted by molar-refractivity contribution is 0.0535. The summed E-state index contributed by atoms with van der Waals surface area (Å²) in [6, 6.07) is 12.3. The zero-order valence-electron chi connectivity index (χ0n) is 18.5. The number of sulfonamides is 1. The molecule has 1 N–H and O–H groups in total. The van der Waals surface area contributed by atoms with Crippen LogP contribution in [0.15, 0.2) is 47.4 Å². The normalized spacial score (nSPS) is 16.8. The van der Waals surface area contributed by atoms with Crippen LogP contribution in [0.2, 0.25) is 0 Å². The summed E-state index contributed by atoms with van der Waals surface area (Å²) in [5, 5.41) is 0. The molecule has 32 heavy (non-hydrogen) atoms. The zero-order valence-corrected chi connectivity index (χ0v) is 19.3. The van der Waals surface area contributed by atoms with Crippen LogP contribution in [0.25, 0.3) is 0 Å². The SMILES string of the molecule is CCc1ccc(C(=O)N2CCN(C(=O)c3cc(S(=O)(=O)NC4CC4)ccc3C)CC2)cc1. The summed E-state index contributed by atoms with van der Waals surface area (Å²) in [5.74, 6) is -0.236. The number of benzene rings is 2. The summed E-state index contributed by atoms with van der Waals surface area (Å²) in [7, 11) is -3.63. The van der Waals surface area contributed by atoms with Gasteiger partial charge in [0.15, 0.2) is 0 Å². The molecule has 8 heteroatoms. The molecule has 0 aromatic heterocycles. The minimum atomic E-state index is -3.63. The summed E-state index contributed by atoms with van der Waals surface area (Å²) in [4.78, 5) is 29.5. The Balaban J connectivity index is 1.42. The second-order valence-corrected chi connectivity index (χ2v) is 10.2. The average Bonchev–Trinajstić information content (AvgIpc) is 3.62. The highest BCUT2D eigenvalue weighted by molar-refractivity contribution is 7.89. The van der Waals surface area contributed by atoms with Gasteiger partial charge >= 0.3 is 0 Å². The molecule has 1 aliphatic heterocycles. The number of nitrogens with zero attached hydrogens (tertiary/aromatic N) is 2. The van der Waals surface area contributed by atoms with Gasteiger partial charge in [0.25, 0.3) is 11.8 Å². The summed E-state index contributed by atoms with van der Waals surface area (Å²) in [6.07, 6.45) is 2.62. The number of rotatable bonds is 6. The van der Waals surface area contributed by atoms with Crippen LogP contribution in [0.1, 0.15) is 51.6 Å². The number of nitrogens with one attached hydrogen (secondary N) is 1. The molecule has 1 aliphatic carbocycles. The van der Waals surface area contributed by atoms with Crippen molar-refractivity contribution in [2.45, 2.75) is 44.0 Å². The Bertz CT molecular complexity index is 1120. The molecule has 2 aliphatic rings. The Morgan fingerprint density at radius 2 is 1.53 bits per heavy atom. The third kappa shape index (κ3) is 4.86. The van der Waals surface area contributed by atoms with Crippen molar-refractivity contribution >= 4 is 21.8 Å². The van der Waals surface area contributed by atoms with E-state index in [2.05, 4.69) is 11.6 Å². The highest BCUT2D eigenvalue weighted by Gasteiger charge is 2.30. The van der Waals surface area contributed by atoms with Crippen LogP contribution in [-0.4, -0.2) is 62.3 Å². The third-order valence-corrected chi connectivity index (χ3v) is 7.63. The van der Waals surface area contributed by atoms with Gasteiger partial charge in [-0.2, -0.15) is 0 Å². The smallest absolute Gasteiger partial charge is 0.254 e. The van der Waals surface area contributed by atoms with Crippen LogP contribution in [-0.2, 0) is 16.4 Å². The van der Waals surface area contributed by atoms with Crippen molar-refractivity contribution in [3.8, 4) is 0 Å². The van der Waals surface area contributed by atoms with E-state index in [1.54, 1.807) is 22.8 Å². The fourth-order valence-corrected chi connectivity index (χ4v) is 5.17. The highest BCUT2D eigenvalue weighted by atomic mass is 32.2. The number of carbonyl (C=O) groups is 2. The van der Waals surface area contributed by atoms with Gasteiger partial charge in [0, 0.05) is 43.3 Å². The molecular weight excluding hydrogens is 426 g/mol. The third-order valence-electron chi connectivity index (χ3n) is 6.11. The van der Waals surface area contributed by atoms with Crippen LogP contribution < -0.4 is 4.72 Å². The topological polar surface area (TPSA) is 86.8 Å². The Morgan fingerprint density at radius 1 is 0.938 bits per heavy atom. The largest absolute Gasteiger partial charge is 0.335 e. The molecule has 170 valence electrons. The van der Waals surface area contributed by atoms with Crippen LogP contribution in [0.4, 0.5) is 0 Å². The molecule has 0 atom stereocenters. The second-order valence-electron chi connectivity index (χ2n) is 8.51. The van der Waals surface area contributed by atoms with E-state index >= 15 is 0 Å². The first-order valence-corrected chi connectivity index (χ1v) is 12.6. The van der Waals surface area contributed by atoms with Crippen LogP contribution in [0.3, 0.4) is 0 Å². The van der Waals surface area contributed by atoms with Gasteiger partial charge in [-0.05, 0) is 61.6 Å². The first-order valence-electron chi connectivity index (χ1n) is 11.1. The summed E-state index contributed by atoms with van der Waals surface area (Å²) in [6.45, 7) is 5.59. The number of carbonyl (C=O) groups excluding carboxylic acids is 2. The first kappa shape index (κ1) is 22.5. The number of hydrogen-bond acceptors (Lipinski definition) is 4. The maximum Gasteiger partial charge on any atom is 0.254 e. The van der Waals surface area contributed by atoms with Crippen molar-refractivity contribution in [3.63, 3.8) is 0 Å². The standard InChI is InChI=1S/C24H29N3O4S/c1-3-18-5-7-19(8-6-18)23(28)26-12-14-27(15-13-26)24(29)22-16-21(11-4-17(22)2)32(30,31)25-20-9-10-20/h4-8,11,16,20,25H,3,9-10,12-15H2,1-2H3. The van der Waals surface area contributed by atoms with Crippen molar-refractivity contribution in [1.82, 2.24) is 14.5 Å². The van der Waals surface area contributed by atoms with Crippen LogP contribution >= 0.6 is 0 Å². The fraction of sp³-hybridized carbons (Fsp3) is 0.417. The molecular formula is C24H29N3O4S. The molecule has 0 bridgehead atoms. The molecule has 1 heterocycles. The lowest BCUT2D eigenvalue weighted by Gasteiger charge is -2.35. The minimum Gasteiger partial charge on any atom is -0.335 e. The summed E-state index contributed by atoms with van der Waals surface area (Å²) >= 11 is 0. The molecule has 1 saturated carbocycles. The maximum absolute atomic E-state index is 13.2. The summed E-state index contributed by atoms with van der Waals surface area (Å²) in [5.41, 5.74) is 2.95. The molecule has 2 amide bonds. The summed E-state index contributed by atoms with van der Waals surface area (Å²) < 4.78 is 27.8. The molecule has 7 nitrogen and oxygen atoms in total. The number of amides is 2. The van der Waals surface area contributed by atoms with Crippen molar-refractivity contribution in [1.29, 1.82) is 0 Å².